The summed E-state index contributed by atoms with van der Waals surface area (Å²) < 4.78 is 41.9. The summed E-state index contributed by atoms with van der Waals surface area (Å²) in [5.41, 5.74) is 0.532. The highest BCUT2D eigenvalue weighted by Crippen LogP contribution is 2.25. The van der Waals surface area contributed by atoms with E-state index in [0.717, 1.165) is 0 Å². The van der Waals surface area contributed by atoms with Crippen molar-refractivity contribution in [2.75, 3.05) is 30.8 Å². The first-order valence-corrected chi connectivity index (χ1v) is 7.91. The van der Waals surface area contributed by atoms with E-state index in [1.54, 1.807) is 13.1 Å². The average molecular weight is 381 g/mol. The Morgan fingerprint density at radius 3 is 2.22 bits per heavy atom. The Morgan fingerprint density at radius 1 is 1.00 bits per heavy atom. The summed E-state index contributed by atoms with van der Waals surface area (Å²) >= 11 is 0. The molecule has 0 radical (unpaired) electrons. The van der Waals surface area contributed by atoms with E-state index in [-0.39, 0.29) is 24.5 Å². The van der Waals surface area contributed by atoms with E-state index < -0.39 is 24.2 Å². The number of para-hydroxylation sites is 2. The van der Waals surface area contributed by atoms with Gasteiger partial charge in [0, 0.05) is 5.69 Å². The number of alkyl halides is 2. The van der Waals surface area contributed by atoms with E-state index in [4.69, 9.17) is 0 Å². The maximum Gasteiger partial charge on any atom is 0.387 e. The molecule has 0 spiro atoms. The minimum Gasteiger partial charge on any atom is -0.433 e. The van der Waals surface area contributed by atoms with Crippen molar-refractivity contribution >= 4 is 23.2 Å². The molecule has 0 aliphatic rings. The zero-order valence-electron chi connectivity index (χ0n) is 14.4. The van der Waals surface area contributed by atoms with E-state index in [0.29, 0.717) is 5.69 Å². The maximum absolute atomic E-state index is 12.8. The third-order valence-corrected chi connectivity index (χ3v) is 3.33. The standard InChI is InChI=1S/C18H18F3N3O3/c1-24(10-16(25)22-13-8-6-12(19)7-9-13)11-17(26)23-14-4-2-3-5-15(14)27-18(20)21/h2-9,18H,10-11H2,1H3,(H,22,25)(H,23,26). The van der Waals surface area contributed by atoms with Crippen molar-refractivity contribution in [2.24, 2.45) is 0 Å². The Balaban J connectivity index is 1.85. The van der Waals surface area contributed by atoms with Crippen LogP contribution in [-0.4, -0.2) is 43.5 Å². The molecule has 0 aliphatic carbocycles. The molecule has 0 atom stereocenters. The molecule has 2 aromatic carbocycles. The number of halogens is 3. The highest BCUT2D eigenvalue weighted by Gasteiger charge is 2.14. The van der Waals surface area contributed by atoms with E-state index >= 15 is 0 Å². The van der Waals surface area contributed by atoms with Gasteiger partial charge in [0.25, 0.3) is 0 Å². The number of carbonyl (C=O) groups is 2. The fourth-order valence-corrected chi connectivity index (χ4v) is 2.24. The summed E-state index contributed by atoms with van der Waals surface area (Å²) in [7, 11) is 1.55. The number of likely N-dealkylation sites (N-methyl/N-ethyl adjacent to an activating group) is 1. The minimum absolute atomic E-state index is 0.0972. The molecule has 9 heteroatoms. The zero-order valence-corrected chi connectivity index (χ0v) is 14.4. The summed E-state index contributed by atoms with van der Waals surface area (Å²) in [6, 6.07) is 11.1. The van der Waals surface area contributed by atoms with Crippen LogP contribution in [0.25, 0.3) is 0 Å². The van der Waals surface area contributed by atoms with E-state index in [2.05, 4.69) is 15.4 Å². The van der Waals surface area contributed by atoms with Crippen LogP contribution in [0.3, 0.4) is 0 Å². The number of nitrogens with one attached hydrogen (secondary N) is 2. The minimum atomic E-state index is -3.01. The van der Waals surface area contributed by atoms with Crippen LogP contribution in [0.5, 0.6) is 5.75 Å². The van der Waals surface area contributed by atoms with E-state index in [9.17, 15) is 22.8 Å². The molecule has 0 aromatic heterocycles. The highest BCUT2D eigenvalue weighted by atomic mass is 19.3. The zero-order chi connectivity index (χ0) is 19.8. The first-order valence-electron chi connectivity index (χ1n) is 7.91. The first-order chi connectivity index (χ1) is 12.8. The van der Waals surface area contributed by atoms with Gasteiger partial charge in [-0.3, -0.25) is 14.5 Å². The van der Waals surface area contributed by atoms with E-state index in [1.807, 2.05) is 0 Å². The van der Waals surface area contributed by atoms with Crippen LogP contribution in [0.1, 0.15) is 0 Å². The number of carbonyl (C=O) groups excluding carboxylic acids is 2. The molecule has 0 fully saturated rings. The normalized spacial score (nSPS) is 10.7. The lowest BCUT2D eigenvalue weighted by atomic mass is 10.3. The molecule has 144 valence electrons. The summed E-state index contributed by atoms with van der Waals surface area (Å²) in [5.74, 6) is -1.47. The van der Waals surface area contributed by atoms with Gasteiger partial charge in [-0.25, -0.2) is 4.39 Å². The van der Waals surface area contributed by atoms with Gasteiger partial charge in [-0.2, -0.15) is 8.78 Å². The van der Waals surface area contributed by atoms with Gasteiger partial charge >= 0.3 is 6.61 Å². The van der Waals surface area contributed by atoms with E-state index in [1.165, 1.54) is 47.4 Å². The number of hydrogen-bond acceptors (Lipinski definition) is 4. The Bertz CT molecular complexity index is 785. The van der Waals surface area contributed by atoms with Crippen LogP contribution in [0.2, 0.25) is 0 Å². The van der Waals surface area contributed by atoms with Crippen molar-refractivity contribution in [1.29, 1.82) is 0 Å². The van der Waals surface area contributed by atoms with Crippen LogP contribution < -0.4 is 15.4 Å². The number of rotatable bonds is 8. The van der Waals surface area contributed by atoms with Gasteiger partial charge in [-0.05, 0) is 43.4 Å². The summed E-state index contributed by atoms with van der Waals surface area (Å²) in [5, 5.41) is 5.04. The topological polar surface area (TPSA) is 70.7 Å². The number of nitrogens with zero attached hydrogens (tertiary/aromatic N) is 1. The number of hydrogen-bond donors (Lipinski definition) is 2. The monoisotopic (exact) mass is 381 g/mol. The van der Waals surface area contributed by atoms with Crippen LogP contribution in [0, 0.1) is 5.82 Å². The molecular weight excluding hydrogens is 363 g/mol. The van der Waals surface area contributed by atoms with Crippen molar-refractivity contribution in [3.8, 4) is 5.75 Å². The maximum atomic E-state index is 12.8. The Kier molecular flexibility index (Phi) is 7.18. The predicted octanol–water partition coefficient (Wildman–Crippen LogP) is 2.94. The molecule has 0 heterocycles. The highest BCUT2D eigenvalue weighted by molar-refractivity contribution is 5.95. The lowest BCUT2D eigenvalue weighted by Crippen LogP contribution is -2.36. The molecule has 0 bridgehead atoms. The molecule has 6 nitrogen and oxygen atoms in total. The van der Waals surface area contributed by atoms with Crippen molar-refractivity contribution in [2.45, 2.75) is 6.61 Å². The predicted molar refractivity (Wildman–Crippen MR) is 94.2 cm³/mol. The first kappa shape index (κ1) is 20.2. The third kappa shape index (κ3) is 6.98. The van der Waals surface area contributed by atoms with Gasteiger partial charge < -0.3 is 15.4 Å². The second kappa shape index (κ2) is 9.58. The molecule has 27 heavy (non-hydrogen) atoms. The SMILES string of the molecule is CN(CC(=O)Nc1ccc(F)cc1)CC(=O)Nc1ccccc1OC(F)F. The smallest absolute Gasteiger partial charge is 0.387 e. The Morgan fingerprint density at radius 2 is 1.59 bits per heavy atom. The largest absolute Gasteiger partial charge is 0.433 e. The summed E-state index contributed by atoms with van der Waals surface area (Å²) in [4.78, 5) is 25.4. The summed E-state index contributed by atoms with van der Waals surface area (Å²) in [6.07, 6.45) is 0. The van der Waals surface area contributed by atoms with Crippen LogP contribution in [-0.2, 0) is 9.59 Å². The second-order valence-corrected chi connectivity index (χ2v) is 5.65. The van der Waals surface area contributed by atoms with Crippen LogP contribution in [0.15, 0.2) is 48.5 Å². The average Bonchev–Trinajstić information content (AvgIpc) is 2.58. The molecule has 2 N–H and O–H groups in total. The second-order valence-electron chi connectivity index (χ2n) is 5.65. The molecule has 2 amide bonds. The molecule has 0 unspecified atom stereocenters. The molecule has 0 aliphatic heterocycles. The molecular formula is C18H18F3N3O3. The lowest BCUT2D eigenvalue weighted by molar-refractivity contribution is -0.119. The van der Waals surface area contributed by atoms with Crippen molar-refractivity contribution in [3.63, 3.8) is 0 Å². The number of benzene rings is 2. The van der Waals surface area contributed by atoms with Crippen molar-refractivity contribution in [3.05, 3.63) is 54.3 Å². The van der Waals surface area contributed by atoms with Gasteiger partial charge in [0.1, 0.15) is 11.6 Å². The third-order valence-electron chi connectivity index (χ3n) is 3.33. The van der Waals surface area contributed by atoms with Gasteiger partial charge in [-0.15, -0.1) is 0 Å². The van der Waals surface area contributed by atoms with Gasteiger partial charge in [0.05, 0.1) is 18.8 Å². The quantitative estimate of drug-likeness (QED) is 0.738. The van der Waals surface area contributed by atoms with Crippen LogP contribution in [0.4, 0.5) is 24.5 Å². The fourth-order valence-electron chi connectivity index (χ4n) is 2.24. The molecule has 0 saturated carbocycles. The number of anilines is 2. The molecule has 2 rings (SSSR count). The van der Waals surface area contributed by atoms with Crippen molar-refractivity contribution < 1.29 is 27.5 Å². The number of amides is 2. The molecule has 2 aromatic rings. The Labute approximate surface area is 153 Å². The van der Waals surface area contributed by atoms with Gasteiger partial charge in [-0.1, -0.05) is 12.1 Å². The van der Waals surface area contributed by atoms with Crippen molar-refractivity contribution in [1.82, 2.24) is 4.90 Å². The Hall–Kier alpha value is -3.07. The summed E-state index contributed by atoms with van der Waals surface area (Å²) in [6.45, 7) is -3.26. The number of ether oxygens (including phenoxy) is 1. The van der Waals surface area contributed by atoms with Gasteiger partial charge in [0.2, 0.25) is 11.8 Å². The van der Waals surface area contributed by atoms with Gasteiger partial charge in [0.15, 0.2) is 0 Å². The molecule has 0 saturated heterocycles. The fraction of sp³-hybridized carbons (Fsp3) is 0.222. The lowest BCUT2D eigenvalue weighted by Gasteiger charge is -2.17. The van der Waals surface area contributed by atoms with Crippen LogP contribution >= 0.6 is 0 Å².